The molecule has 1 aliphatic heterocycles. The lowest BCUT2D eigenvalue weighted by Gasteiger charge is -2.29. The predicted octanol–water partition coefficient (Wildman–Crippen LogP) is 2.17. The molecule has 0 aromatic carbocycles. The van der Waals surface area contributed by atoms with E-state index < -0.39 is 0 Å². The number of carbonyl (C=O) groups is 1. The zero-order chi connectivity index (χ0) is 13.0. The van der Waals surface area contributed by atoms with Crippen LogP contribution in [-0.4, -0.2) is 36.0 Å². The Labute approximate surface area is 115 Å². The van der Waals surface area contributed by atoms with Crippen LogP contribution in [0.5, 0.6) is 0 Å². The van der Waals surface area contributed by atoms with Crippen molar-refractivity contribution in [2.45, 2.75) is 57.2 Å². The van der Waals surface area contributed by atoms with E-state index in [1.807, 2.05) is 11.8 Å². The second kappa shape index (κ2) is 6.29. The van der Waals surface area contributed by atoms with E-state index >= 15 is 0 Å². The van der Waals surface area contributed by atoms with Gasteiger partial charge in [-0.2, -0.15) is 11.8 Å². The predicted molar refractivity (Wildman–Crippen MR) is 77.9 cm³/mol. The van der Waals surface area contributed by atoms with E-state index in [0.717, 1.165) is 38.1 Å². The molecule has 0 radical (unpaired) electrons. The topological polar surface area (TPSA) is 41.1 Å². The van der Waals surface area contributed by atoms with Gasteiger partial charge in [-0.25, -0.2) is 0 Å². The van der Waals surface area contributed by atoms with Crippen molar-refractivity contribution in [3.63, 3.8) is 0 Å². The summed E-state index contributed by atoms with van der Waals surface area (Å²) in [4.78, 5) is 12.5. The smallest absolute Gasteiger partial charge is 0.227 e. The summed E-state index contributed by atoms with van der Waals surface area (Å²) in [6.07, 6.45) is 5.63. The lowest BCUT2D eigenvalue weighted by molar-refractivity contribution is -0.131. The molecule has 1 saturated heterocycles. The molecule has 1 saturated carbocycles. The van der Waals surface area contributed by atoms with Crippen LogP contribution < -0.4 is 10.6 Å². The molecular formula is C14H26N2OS. The van der Waals surface area contributed by atoms with E-state index in [-0.39, 0.29) is 5.41 Å². The van der Waals surface area contributed by atoms with Crippen LogP contribution in [0.4, 0.5) is 0 Å². The number of thioether (sulfide) groups is 1. The standard InChI is InChI=1S/C14H26N2OS/c1-3-14(8-9-15-10-14)13(17)16-11-6-5-7-12(11)18-4-2/h11-12,15H,3-10H2,1-2H3,(H,16,17). The molecule has 3 nitrogen and oxygen atoms in total. The quantitative estimate of drug-likeness (QED) is 0.804. The lowest BCUT2D eigenvalue weighted by atomic mass is 9.83. The van der Waals surface area contributed by atoms with Crippen LogP contribution in [0.2, 0.25) is 0 Å². The molecule has 2 fully saturated rings. The van der Waals surface area contributed by atoms with Gasteiger partial charge >= 0.3 is 0 Å². The summed E-state index contributed by atoms with van der Waals surface area (Å²) in [5.41, 5.74) is -0.135. The zero-order valence-corrected chi connectivity index (χ0v) is 12.4. The fourth-order valence-electron chi connectivity index (χ4n) is 3.23. The SMILES string of the molecule is CCSC1CCCC1NC(=O)C1(CC)CCNC1. The summed E-state index contributed by atoms with van der Waals surface area (Å²) in [7, 11) is 0. The Morgan fingerprint density at radius 1 is 1.44 bits per heavy atom. The van der Waals surface area contributed by atoms with Crippen molar-refractivity contribution in [2.75, 3.05) is 18.8 Å². The van der Waals surface area contributed by atoms with Crippen LogP contribution in [-0.2, 0) is 4.79 Å². The maximum absolute atomic E-state index is 12.5. The lowest BCUT2D eigenvalue weighted by Crippen LogP contribution is -2.48. The van der Waals surface area contributed by atoms with Gasteiger partial charge in [0.1, 0.15) is 0 Å². The summed E-state index contributed by atoms with van der Waals surface area (Å²) in [5.74, 6) is 1.45. The minimum atomic E-state index is -0.135. The molecule has 0 bridgehead atoms. The van der Waals surface area contributed by atoms with Crippen LogP contribution in [0.3, 0.4) is 0 Å². The highest BCUT2D eigenvalue weighted by Gasteiger charge is 2.41. The van der Waals surface area contributed by atoms with Crippen LogP contribution in [0.15, 0.2) is 0 Å². The Morgan fingerprint density at radius 2 is 2.28 bits per heavy atom. The van der Waals surface area contributed by atoms with Gasteiger partial charge in [0, 0.05) is 17.8 Å². The first-order valence-corrected chi connectivity index (χ1v) is 8.40. The van der Waals surface area contributed by atoms with Crippen molar-refractivity contribution in [2.24, 2.45) is 5.41 Å². The molecule has 0 spiro atoms. The number of carbonyl (C=O) groups excluding carboxylic acids is 1. The minimum Gasteiger partial charge on any atom is -0.352 e. The number of amides is 1. The second-order valence-corrected chi connectivity index (χ2v) is 7.08. The monoisotopic (exact) mass is 270 g/mol. The average molecular weight is 270 g/mol. The Bertz CT molecular complexity index is 290. The first kappa shape index (κ1) is 14.2. The molecule has 3 atom stereocenters. The second-order valence-electron chi connectivity index (χ2n) is 5.57. The highest BCUT2D eigenvalue weighted by atomic mass is 32.2. The fraction of sp³-hybridized carbons (Fsp3) is 0.929. The molecule has 0 aromatic heterocycles. The van der Waals surface area contributed by atoms with Gasteiger partial charge in [-0.1, -0.05) is 20.3 Å². The molecule has 2 rings (SSSR count). The van der Waals surface area contributed by atoms with Crippen LogP contribution in [0, 0.1) is 5.41 Å². The highest BCUT2D eigenvalue weighted by Crippen LogP contribution is 2.33. The van der Waals surface area contributed by atoms with E-state index in [2.05, 4.69) is 24.5 Å². The van der Waals surface area contributed by atoms with Crippen molar-refractivity contribution in [3.05, 3.63) is 0 Å². The average Bonchev–Trinajstić information content (AvgIpc) is 3.00. The molecule has 1 amide bonds. The number of nitrogens with one attached hydrogen (secondary N) is 2. The van der Waals surface area contributed by atoms with Crippen molar-refractivity contribution in [1.29, 1.82) is 0 Å². The minimum absolute atomic E-state index is 0.135. The fourth-order valence-corrected chi connectivity index (χ4v) is 4.42. The van der Waals surface area contributed by atoms with Gasteiger partial charge in [0.25, 0.3) is 0 Å². The summed E-state index contributed by atoms with van der Waals surface area (Å²) < 4.78 is 0. The van der Waals surface area contributed by atoms with Gasteiger partial charge in [0.05, 0.1) is 5.41 Å². The first-order valence-electron chi connectivity index (χ1n) is 7.35. The van der Waals surface area contributed by atoms with Crippen LogP contribution >= 0.6 is 11.8 Å². The molecule has 0 aromatic rings. The molecule has 2 N–H and O–H groups in total. The van der Waals surface area contributed by atoms with Gasteiger partial charge in [-0.05, 0) is 38.0 Å². The van der Waals surface area contributed by atoms with Crippen LogP contribution in [0.1, 0.15) is 46.0 Å². The third kappa shape index (κ3) is 2.85. The van der Waals surface area contributed by atoms with E-state index in [9.17, 15) is 4.79 Å². The normalized spacial score (nSPS) is 35.9. The largest absolute Gasteiger partial charge is 0.352 e. The zero-order valence-electron chi connectivity index (χ0n) is 11.6. The van der Waals surface area contributed by atoms with Gasteiger partial charge in [0.15, 0.2) is 0 Å². The molecule has 1 aliphatic carbocycles. The Hall–Kier alpha value is -0.220. The van der Waals surface area contributed by atoms with E-state index in [0.29, 0.717) is 17.2 Å². The Morgan fingerprint density at radius 3 is 2.89 bits per heavy atom. The van der Waals surface area contributed by atoms with Crippen molar-refractivity contribution in [1.82, 2.24) is 10.6 Å². The molecule has 1 heterocycles. The maximum atomic E-state index is 12.5. The molecule has 2 aliphatic rings. The number of rotatable bonds is 5. The molecule has 3 unspecified atom stereocenters. The third-order valence-corrected chi connectivity index (χ3v) is 5.88. The summed E-state index contributed by atoms with van der Waals surface area (Å²) in [5, 5.41) is 7.33. The first-order chi connectivity index (χ1) is 8.72. The Kier molecular flexibility index (Phi) is 4.96. The van der Waals surface area contributed by atoms with Gasteiger partial charge in [-0.15, -0.1) is 0 Å². The molecule has 18 heavy (non-hydrogen) atoms. The molecular weight excluding hydrogens is 244 g/mol. The highest BCUT2D eigenvalue weighted by molar-refractivity contribution is 7.99. The van der Waals surface area contributed by atoms with Crippen LogP contribution in [0.25, 0.3) is 0 Å². The summed E-state index contributed by atoms with van der Waals surface area (Å²) in [6.45, 7) is 6.18. The van der Waals surface area contributed by atoms with Gasteiger partial charge < -0.3 is 10.6 Å². The summed E-state index contributed by atoms with van der Waals surface area (Å²) >= 11 is 2.01. The van der Waals surface area contributed by atoms with E-state index in [1.165, 1.54) is 12.8 Å². The molecule has 104 valence electrons. The molecule has 4 heteroatoms. The maximum Gasteiger partial charge on any atom is 0.227 e. The number of hydrogen-bond donors (Lipinski definition) is 2. The van der Waals surface area contributed by atoms with Crippen molar-refractivity contribution >= 4 is 17.7 Å². The van der Waals surface area contributed by atoms with Gasteiger partial charge in [0.2, 0.25) is 5.91 Å². The Balaban J connectivity index is 1.93. The van der Waals surface area contributed by atoms with Crippen molar-refractivity contribution in [3.8, 4) is 0 Å². The third-order valence-electron chi connectivity index (χ3n) is 4.55. The summed E-state index contributed by atoms with van der Waals surface area (Å²) in [6, 6.07) is 0.409. The van der Waals surface area contributed by atoms with Gasteiger partial charge in [-0.3, -0.25) is 4.79 Å². The van der Waals surface area contributed by atoms with E-state index in [4.69, 9.17) is 0 Å². The van der Waals surface area contributed by atoms with E-state index in [1.54, 1.807) is 0 Å². The number of hydrogen-bond acceptors (Lipinski definition) is 3. The van der Waals surface area contributed by atoms with Crippen molar-refractivity contribution < 1.29 is 4.79 Å².